The van der Waals surface area contributed by atoms with Gasteiger partial charge in [-0.3, -0.25) is 0 Å². The molecule has 1 aliphatic heterocycles. The molecule has 0 N–H and O–H groups in total. The maximum atomic E-state index is 5.91. The quantitative estimate of drug-likeness (QED) is 0.573. The molecule has 0 amide bonds. The fraction of sp³-hybridized carbons (Fsp3) is 1.00. The molecular formula is C15H30O4. The zero-order valence-corrected chi connectivity index (χ0v) is 12.9. The Kier molecular flexibility index (Phi) is 7.91. The smallest absolute Gasteiger partial charge is 0.163 e. The fourth-order valence-electron chi connectivity index (χ4n) is 1.99. The zero-order chi connectivity index (χ0) is 14.1. The molecule has 0 spiro atoms. The largest absolute Gasteiger partial charge is 0.379 e. The number of ether oxygens (including phenoxy) is 4. The second kappa shape index (κ2) is 8.90. The molecule has 1 rings (SSSR count). The summed E-state index contributed by atoms with van der Waals surface area (Å²) in [7, 11) is 0. The lowest BCUT2D eigenvalue weighted by molar-refractivity contribution is -0.163. The highest BCUT2D eigenvalue weighted by Crippen LogP contribution is 2.25. The van der Waals surface area contributed by atoms with Gasteiger partial charge in [0.1, 0.15) is 12.2 Å². The molecule has 19 heavy (non-hydrogen) atoms. The monoisotopic (exact) mass is 274 g/mol. The van der Waals surface area contributed by atoms with Crippen LogP contribution in [-0.2, 0) is 18.9 Å². The van der Waals surface area contributed by atoms with Gasteiger partial charge in [0, 0.05) is 13.2 Å². The Bertz CT molecular complexity index is 230. The first-order valence-corrected chi connectivity index (χ1v) is 7.60. The van der Waals surface area contributed by atoms with E-state index >= 15 is 0 Å². The molecule has 2 atom stereocenters. The van der Waals surface area contributed by atoms with Gasteiger partial charge in [0.05, 0.1) is 13.2 Å². The van der Waals surface area contributed by atoms with E-state index in [2.05, 4.69) is 13.8 Å². The third-order valence-electron chi connectivity index (χ3n) is 3.20. The van der Waals surface area contributed by atoms with Crippen LogP contribution in [0.1, 0.15) is 53.4 Å². The first kappa shape index (κ1) is 16.9. The molecule has 0 bridgehead atoms. The minimum atomic E-state index is -0.500. The van der Waals surface area contributed by atoms with E-state index in [1.54, 1.807) is 0 Å². The molecule has 0 aliphatic carbocycles. The van der Waals surface area contributed by atoms with Gasteiger partial charge >= 0.3 is 0 Å². The molecule has 0 aromatic carbocycles. The average molecular weight is 274 g/mol. The van der Waals surface area contributed by atoms with Gasteiger partial charge in [0.15, 0.2) is 5.79 Å². The van der Waals surface area contributed by atoms with Crippen molar-refractivity contribution in [3.63, 3.8) is 0 Å². The first-order valence-electron chi connectivity index (χ1n) is 7.60. The van der Waals surface area contributed by atoms with E-state index in [1.807, 2.05) is 13.8 Å². The fourth-order valence-corrected chi connectivity index (χ4v) is 1.99. The van der Waals surface area contributed by atoms with Gasteiger partial charge in [-0.2, -0.15) is 0 Å². The summed E-state index contributed by atoms with van der Waals surface area (Å²) in [6.45, 7) is 10.9. The maximum Gasteiger partial charge on any atom is 0.163 e. The summed E-state index contributed by atoms with van der Waals surface area (Å²) in [5.41, 5.74) is 0. The number of unbranched alkanes of at least 4 members (excludes halogenated alkanes) is 2. The van der Waals surface area contributed by atoms with E-state index in [-0.39, 0.29) is 12.2 Å². The van der Waals surface area contributed by atoms with Crippen molar-refractivity contribution in [2.24, 2.45) is 0 Å². The predicted molar refractivity (Wildman–Crippen MR) is 75.3 cm³/mol. The summed E-state index contributed by atoms with van der Waals surface area (Å²) in [6.07, 6.45) is 4.41. The third kappa shape index (κ3) is 6.70. The Morgan fingerprint density at radius 3 is 2.42 bits per heavy atom. The summed E-state index contributed by atoms with van der Waals surface area (Å²) in [6, 6.07) is 0. The van der Waals surface area contributed by atoms with Crippen molar-refractivity contribution < 1.29 is 18.9 Å². The van der Waals surface area contributed by atoms with Crippen molar-refractivity contribution in [1.29, 1.82) is 0 Å². The van der Waals surface area contributed by atoms with E-state index in [1.165, 1.54) is 0 Å². The lowest BCUT2D eigenvalue weighted by Crippen LogP contribution is -2.37. The summed E-state index contributed by atoms with van der Waals surface area (Å²) in [5.74, 6) is -0.500. The third-order valence-corrected chi connectivity index (χ3v) is 3.20. The first-order chi connectivity index (χ1) is 9.09. The number of hydrogen-bond acceptors (Lipinski definition) is 4. The molecule has 0 radical (unpaired) electrons. The van der Waals surface area contributed by atoms with Gasteiger partial charge in [0.25, 0.3) is 0 Å². The van der Waals surface area contributed by atoms with Crippen molar-refractivity contribution in [1.82, 2.24) is 0 Å². The van der Waals surface area contributed by atoms with Gasteiger partial charge in [-0.05, 0) is 26.7 Å². The lowest BCUT2D eigenvalue weighted by Gasteiger charge is -2.24. The van der Waals surface area contributed by atoms with Crippen LogP contribution in [0.15, 0.2) is 0 Å². The highest BCUT2D eigenvalue weighted by atomic mass is 16.7. The topological polar surface area (TPSA) is 36.9 Å². The standard InChI is InChI=1S/C15H30O4/c1-5-7-9-16-11-13(17-10-8-6-2)14-12-18-15(3,4)19-14/h13-14H,5-12H2,1-4H3/t13-,14+/m0/s1. The van der Waals surface area contributed by atoms with Crippen molar-refractivity contribution in [2.45, 2.75) is 71.4 Å². The Morgan fingerprint density at radius 2 is 1.84 bits per heavy atom. The van der Waals surface area contributed by atoms with Crippen LogP contribution in [0.3, 0.4) is 0 Å². The van der Waals surface area contributed by atoms with Crippen molar-refractivity contribution in [3.05, 3.63) is 0 Å². The molecular weight excluding hydrogens is 244 g/mol. The summed E-state index contributed by atoms with van der Waals surface area (Å²) < 4.78 is 23.1. The maximum absolute atomic E-state index is 5.91. The van der Waals surface area contributed by atoms with Crippen LogP contribution in [0, 0.1) is 0 Å². The number of rotatable bonds is 10. The van der Waals surface area contributed by atoms with Crippen LogP contribution in [0.5, 0.6) is 0 Å². The van der Waals surface area contributed by atoms with Crippen molar-refractivity contribution in [3.8, 4) is 0 Å². The Labute approximate surface area is 117 Å². The molecule has 1 aliphatic rings. The van der Waals surface area contributed by atoms with Crippen LogP contribution < -0.4 is 0 Å². The van der Waals surface area contributed by atoms with E-state index in [0.717, 1.165) is 38.9 Å². The summed E-state index contributed by atoms with van der Waals surface area (Å²) >= 11 is 0. The second-order valence-electron chi connectivity index (χ2n) is 5.56. The zero-order valence-electron chi connectivity index (χ0n) is 12.9. The second-order valence-corrected chi connectivity index (χ2v) is 5.56. The predicted octanol–water partition coefficient (Wildman–Crippen LogP) is 3.14. The molecule has 114 valence electrons. The van der Waals surface area contributed by atoms with Crippen LogP contribution in [-0.4, -0.2) is 44.4 Å². The summed E-state index contributed by atoms with van der Waals surface area (Å²) in [5, 5.41) is 0. The molecule has 1 heterocycles. The minimum Gasteiger partial charge on any atom is -0.379 e. The lowest BCUT2D eigenvalue weighted by atomic mass is 10.2. The molecule has 0 saturated carbocycles. The van der Waals surface area contributed by atoms with Crippen molar-refractivity contribution in [2.75, 3.05) is 26.4 Å². The van der Waals surface area contributed by atoms with Crippen LogP contribution in [0.2, 0.25) is 0 Å². The van der Waals surface area contributed by atoms with E-state index in [9.17, 15) is 0 Å². The Hall–Kier alpha value is -0.160. The van der Waals surface area contributed by atoms with Crippen LogP contribution >= 0.6 is 0 Å². The van der Waals surface area contributed by atoms with Crippen molar-refractivity contribution >= 4 is 0 Å². The molecule has 0 aromatic rings. The van der Waals surface area contributed by atoms with Crippen LogP contribution in [0.4, 0.5) is 0 Å². The van der Waals surface area contributed by atoms with E-state index in [4.69, 9.17) is 18.9 Å². The molecule has 0 aromatic heterocycles. The van der Waals surface area contributed by atoms with E-state index in [0.29, 0.717) is 13.2 Å². The molecule has 0 unspecified atom stereocenters. The highest BCUT2D eigenvalue weighted by Gasteiger charge is 2.37. The van der Waals surface area contributed by atoms with Crippen LogP contribution in [0.25, 0.3) is 0 Å². The highest BCUT2D eigenvalue weighted by molar-refractivity contribution is 4.78. The molecule has 4 heteroatoms. The van der Waals surface area contributed by atoms with E-state index < -0.39 is 5.79 Å². The molecule has 4 nitrogen and oxygen atoms in total. The normalized spacial score (nSPS) is 23.7. The van der Waals surface area contributed by atoms with Gasteiger partial charge < -0.3 is 18.9 Å². The Balaban J connectivity index is 2.35. The summed E-state index contributed by atoms with van der Waals surface area (Å²) in [4.78, 5) is 0. The number of hydrogen-bond donors (Lipinski definition) is 0. The molecule has 1 saturated heterocycles. The Morgan fingerprint density at radius 1 is 1.16 bits per heavy atom. The van der Waals surface area contributed by atoms with Gasteiger partial charge in [-0.25, -0.2) is 0 Å². The minimum absolute atomic E-state index is 0.0199. The van der Waals surface area contributed by atoms with Gasteiger partial charge in [0.2, 0.25) is 0 Å². The SMILES string of the molecule is CCCCOC[C@H](OCCCC)[C@H]1COC(C)(C)O1. The van der Waals surface area contributed by atoms with Gasteiger partial charge in [-0.15, -0.1) is 0 Å². The van der Waals surface area contributed by atoms with Gasteiger partial charge in [-0.1, -0.05) is 26.7 Å². The average Bonchev–Trinajstić information content (AvgIpc) is 2.73. The molecule has 1 fully saturated rings.